The van der Waals surface area contributed by atoms with Gasteiger partial charge in [-0.05, 0) is 37.1 Å². The summed E-state index contributed by atoms with van der Waals surface area (Å²) in [5.41, 5.74) is 0.932. The fourth-order valence-electron chi connectivity index (χ4n) is 3.53. The third-order valence-electron chi connectivity index (χ3n) is 4.94. The molecule has 2 aromatic heterocycles. The molecule has 26 heavy (non-hydrogen) atoms. The van der Waals surface area contributed by atoms with Gasteiger partial charge in [-0.25, -0.2) is 0 Å². The van der Waals surface area contributed by atoms with Crippen LogP contribution in [0.1, 0.15) is 18.6 Å². The minimum Gasteiger partial charge on any atom is -0.490 e. The molecular weight excluding hydrogens is 326 g/mol. The van der Waals surface area contributed by atoms with Gasteiger partial charge in [-0.15, -0.1) is 0 Å². The van der Waals surface area contributed by atoms with Gasteiger partial charge in [-0.1, -0.05) is 18.2 Å². The van der Waals surface area contributed by atoms with Crippen molar-refractivity contribution in [1.82, 2.24) is 15.2 Å². The molecule has 4 rings (SSSR count). The number of furan rings is 1. The maximum Gasteiger partial charge on any atom is 0.145 e. The molecule has 0 atom stereocenters. The number of aromatic nitrogens is 1. The Morgan fingerprint density at radius 2 is 2.00 bits per heavy atom. The fraction of sp³-hybridized carbons (Fsp3) is 0.381. The fourth-order valence-corrected chi connectivity index (χ4v) is 3.53. The number of piperidine rings is 1. The molecule has 1 aliphatic heterocycles. The van der Waals surface area contributed by atoms with E-state index in [1.807, 2.05) is 36.5 Å². The first-order valence-corrected chi connectivity index (χ1v) is 9.33. The maximum atomic E-state index is 5.95. The topological polar surface area (TPSA) is 50.5 Å². The second-order valence-electron chi connectivity index (χ2n) is 6.76. The average molecular weight is 351 g/mol. The van der Waals surface area contributed by atoms with E-state index in [0.717, 1.165) is 61.4 Å². The van der Waals surface area contributed by atoms with E-state index in [4.69, 9.17) is 9.15 Å². The summed E-state index contributed by atoms with van der Waals surface area (Å²) in [7, 11) is 0. The van der Waals surface area contributed by atoms with Crippen molar-refractivity contribution < 1.29 is 9.15 Å². The van der Waals surface area contributed by atoms with Crippen LogP contribution in [0.4, 0.5) is 0 Å². The molecule has 3 heterocycles. The standard InChI is InChI=1S/C21H25N3O2/c1-4-17-5-2-10-23-21(17)20(7-1)26-15-11-22-18-8-12-24(13-9-18)16-19-6-3-14-25-19/h1-7,10,14,18,22H,8-9,11-13,15-16H2. The zero-order chi connectivity index (χ0) is 17.6. The van der Waals surface area contributed by atoms with E-state index in [0.29, 0.717) is 12.6 Å². The summed E-state index contributed by atoms with van der Waals surface area (Å²) in [5, 5.41) is 4.74. The van der Waals surface area contributed by atoms with Crippen molar-refractivity contribution in [1.29, 1.82) is 0 Å². The van der Waals surface area contributed by atoms with Crippen LogP contribution in [0.25, 0.3) is 10.9 Å². The van der Waals surface area contributed by atoms with Gasteiger partial charge < -0.3 is 14.5 Å². The van der Waals surface area contributed by atoms with Gasteiger partial charge in [0.15, 0.2) is 0 Å². The molecule has 1 aliphatic rings. The van der Waals surface area contributed by atoms with Crippen LogP contribution in [0, 0.1) is 0 Å². The third-order valence-corrected chi connectivity index (χ3v) is 4.94. The lowest BCUT2D eigenvalue weighted by molar-refractivity contribution is 0.175. The molecule has 0 saturated carbocycles. The van der Waals surface area contributed by atoms with Crippen molar-refractivity contribution in [3.8, 4) is 5.75 Å². The number of likely N-dealkylation sites (tertiary alicyclic amines) is 1. The Labute approximate surface area is 154 Å². The number of ether oxygens (including phenoxy) is 1. The van der Waals surface area contributed by atoms with Crippen LogP contribution in [0.2, 0.25) is 0 Å². The molecule has 1 aromatic carbocycles. The van der Waals surface area contributed by atoms with Crippen LogP contribution in [0.15, 0.2) is 59.3 Å². The number of fused-ring (bicyclic) bond motifs is 1. The lowest BCUT2D eigenvalue weighted by Crippen LogP contribution is -2.43. The summed E-state index contributed by atoms with van der Waals surface area (Å²) in [6.45, 7) is 4.63. The van der Waals surface area contributed by atoms with Gasteiger partial charge in [0.2, 0.25) is 0 Å². The molecule has 5 heteroatoms. The zero-order valence-corrected chi connectivity index (χ0v) is 14.9. The summed E-state index contributed by atoms with van der Waals surface area (Å²) >= 11 is 0. The number of hydrogen-bond acceptors (Lipinski definition) is 5. The van der Waals surface area contributed by atoms with Crippen molar-refractivity contribution in [2.24, 2.45) is 0 Å². The molecule has 5 nitrogen and oxygen atoms in total. The predicted octanol–water partition coefficient (Wildman–Crippen LogP) is 3.46. The van der Waals surface area contributed by atoms with Crippen molar-refractivity contribution in [2.45, 2.75) is 25.4 Å². The Hall–Kier alpha value is -2.37. The van der Waals surface area contributed by atoms with Crippen LogP contribution < -0.4 is 10.1 Å². The number of benzene rings is 1. The van der Waals surface area contributed by atoms with E-state index in [-0.39, 0.29) is 0 Å². The maximum absolute atomic E-state index is 5.95. The van der Waals surface area contributed by atoms with Crippen LogP contribution in [-0.2, 0) is 6.54 Å². The number of para-hydroxylation sites is 1. The molecule has 0 radical (unpaired) electrons. The van der Waals surface area contributed by atoms with E-state index in [2.05, 4.69) is 27.3 Å². The van der Waals surface area contributed by atoms with Crippen LogP contribution in [0.3, 0.4) is 0 Å². The van der Waals surface area contributed by atoms with E-state index in [1.54, 1.807) is 6.26 Å². The molecule has 0 bridgehead atoms. The summed E-state index contributed by atoms with van der Waals surface area (Å²) in [5.74, 6) is 1.91. The van der Waals surface area contributed by atoms with Crippen LogP contribution >= 0.6 is 0 Å². The first kappa shape index (κ1) is 17.1. The molecule has 0 unspecified atom stereocenters. The van der Waals surface area contributed by atoms with Crippen molar-refractivity contribution in [3.05, 3.63) is 60.7 Å². The summed E-state index contributed by atoms with van der Waals surface area (Å²) in [6.07, 6.45) is 5.88. The second-order valence-corrected chi connectivity index (χ2v) is 6.76. The highest BCUT2D eigenvalue weighted by Crippen LogP contribution is 2.22. The smallest absolute Gasteiger partial charge is 0.145 e. The number of nitrogens with one attached hydrogen (secondary N) is 1. The van der Waals surface area contributed by atoms with Crippen molar-refractivity contribution >= 4 is 10.9 Å². The van der Waals surface area contributed by atoms with E-state index in [1.165, 1.54) is 0 Å². The second kappa shape index (κ2) is 8.34. The molecule has 0 amide bonds. The van der Waals surface area contributed by atoms with Gasteiger partial charge in [-0.3, -0.25) is 9.88 Å². The van der Waals surface area contributed by atoms with E-state index < -0.39 is 0 Å². The SMILES string of the molecule is c1coc(CN2CCC(NCCOc3cccc4cccnc34)CC2)c1. The highest BCUT2D eigenvalue weighted by atomic mass is 16.5. The monoisotopic (exact) mass is 351 g/mol. The van der Waals surface area contributed by atoms with Gasteiger partial charge in [-0.2, -0.15) is 0 Å². The number of rotatable bonds is 7. The minimum absolute atomic E-state index is 0.567. The van der Waals surface area contributed by atoms with Crippen molar-refractivity contribution in [2.75, 3.05) is 26.2 Å². The Morgan fingerprint density at radius 3 is 2.85 bits per heavy atom. The Morgan fingerprint density at radius 1 is 1.12 bits per heavy atom. The van der Waals surface area contributed by atoms with Gasteiger partial charge in [0, 0.05) is 37.3 Å². The molecule has 3 aromatic rings. The number of nitrogens with zero attached hydrogens (tertiary/aromatic N) is 2. The summed E-state index contributed by atoms with van der Waals surface area (Å²) in [6, 6.07) is 14.6. The molecule has 0 spiro atoms. The highest BCUT2D eigenvalue weighted by molar-refractivity contribution is 5.84. The zero-order valence-electron chi connectivity index (χ0n) is 14.9. The Kier molecular flexibility index (Phi) is 5.47. The lowest BCUT2D eigenvalue weighted by Gasteiger charge is -2.31. The Bertz CT molecular complexity index is 806. The average Bonchev–Trinajstić information content (AvgIpc) is 3.20. The van der Waals surface area contributed by atoms with Gasteiger partial charge in [0.1, 0.15) is 23.6 Å². The first-order valence-electron chi connectivity index (χ1n) is 9.33. The Balaban J connectivity index is 1.19. The number of pyridine rings is 1. The molecule has 1 N–H and O–H groups in total. The largest absolute Gasteiger partial charge is 0.490 e. The normalized spacial score (nSPS) is 16.2. The summed E-state index contributed by atoms with van der Waals surface area (Å²) < 4.78 is 11.4. The first-order chi connectivity index (χ1) is 12.9. The van der Waals surface area contributed by atoms with Gasteiger partial charge >= 0.3 is 0 Å². The minimum atomic E-state index is 0.567. The molecule has 0 aliphatic carbocycles. The number of hydrogen-bond donors (Lipinski definition) is 1. The predicted molar refractivity (Wildman–Crippen MR) is 102 cm³/mol. The summed E-state index contributed by atoms with van der Waals surface area (Å²) in [4.78, 5) is 6.88. The molecule has 136 valence electrons. The molecule has 1 saturated heterocycles. The van der Waals surface area contributed by atoms with E-state index in [9.17, 15) is 0 Å². The molecule has 1 fully saturated rings. The van der Waals surface area contributed by atoms with Crippen molar-refractivity contribution in [3.63, 3.8) is 0 Å². The van der Waals surface area contributed by atoms with Crippen LogP contribution in [0.5, 0.6) is 5.75 Å². The van der Waals surface area contributed by atoms with Gasteiger partial charge in [0.25, 0.3) is 0 Å². The van der Waals surface area contributed by atoms with E-state index >= 15 is 0 Å². The lowest BCUT2D eigenvalue weighted by atomic mass is 10.1. The quantitative estimate of drug-likeness (QED) is 0.661. The highest BCUT2D eigenvalue weighted by Gasteiger charge is 2.19. The third kappa shape index (κ3) is 4.23. The molecular formula is C21H25N3O2. The van der Waals surface area contributed by atoms with Crippen LogP contribution in [-0.4, -0.2) is 42.2 Å². The van der Waals surface area contributed by atoms with Gasteiger partial charge in [0.05, 0.1) is 12.8 Å².